The molecule has 2 rings (SSSR count). The normalized spacial score (nSPS) is 8.50. The van der Waals surface area contributed by atoms with Gasteiger partial charge < -0.3 is 20.4 Å². The lowest BCUT2D eigenvalue weighted by Crippen LogP contribution is -1.81. The average molecular weight is 278 g/mol. The second-order valence-electron chi connectivity index (χ2n) is 3.86. The molecule has 0 heterocycles. The zero-order chi connectivity index (χ0) is 15.5. The molecule has 108 valence electrons. The summed E-state index contributed by atoms with van der Waals surface area (Å²) in [5.74, 6) is 0.736. The summed E-state index contributed by atoms with van der Waals surface area (Å²) in [5.41, 5.74) is 1.85. The van der Waals surface area contributed by atoms with Crippen molar-refractivity contribution in [1.82, 2.24) is 0 Å². The molecule has 0 saturated carbocycles. The van der Waals surface area contributed by atoms with Gasteiger partial charge in [-0.3, -0.25) is 0 Å². The fourth-order valence-electron chi connectivity index (χ4n) is 1.13. The van der Waals surface area contributed by atoms with Crippen LogP contribution in [0.1, 0.15) is 11.1 Å². The molecule has 0 aromatic heterocycles. The van der Waals surface area contributed by atoms with Crippen molar-refractivity contribution in [2.45, 2.75) is 13.8 Å². The van der Waals surface area contributed by atoms with E-state index in [1.54, 1.807) is 12.1 Å². The lowest BCUT2D eigenvalue weighted by atomic mass is 10.2. The fraction of sp³-hybridized carbons (Fsp3) is 0.133. The van der Waals surface area contributed by atoms with Gasteiger partial charge in [-0.05, 0) is 37.1 Å². The molecule has 20 heavy (non-hydrogen) atoms. The number of hydrogen-bond acceptors (Lipinski definition) is 3. The second-order valence-corrected chi connectivity index (χ2v) is 3.86. The Bertz CT molecular complexity index is 448. The van der Waals surface area contributed by atoms with Gasteiger partial charge in [-0.2, -0.15) is 0 Å². The minimum Gasteiger partial charge on any atom is -0.508 e. The Kier molecular flexibility index (Phi) is 8.02. The third kappa shape index (κ3) is 8.41. The maximum Gasteiger partial charge on any atom is 0.503 e. The molecule has 0 atom stereocenters. The maximum atomic E-state index is 8.92. The summed E-state index contributed by atoms with van der Waals surface area (Å²) in [6, 6.07) is 14.5. The Morgan fingerprint density at radius 2 is 1.00 bits per heavy atom. The molecule has 0 radical (unpaired) electrons. The quantitative estimate of drug-likeness (QED) is 0.590. The largest absolute Gasteiger partial charge is 0.508 e. The zero-order valence-electron chi connectivity index (χ0n) is 11.3. The number of hydrogen-bond donors (Lipinski definition) is 4. The third-order valence-corrected chi connectivity index (χ3v) is 2.23. The number of carboxylic acid groups (broad SMARTS) is 2. The Morgan fingerprint density at radius 3 is 1.15 bits per heavy atom. The van der Waals surface area contributed by atoms with Gasteiger partial charge in [0.25, 0.3) is 0 Å². The first-order valence-electron chi connectivity index (χ1n) is 5.75. The molecule has 2 aromatic carbocycles. The zero-order valence-corrected chi connectivity index (χ0v) is 11.3. The molecule has 5 nitrogen and oxygen atoms in total. The number of rotatable bonds is 0. The molecule has 0 saturated heterocycles. The van der Waals surface area contributed by atoms with Crippen molar-refractivity contribution >= 4 is 6.16 Å². The van der Waals surface area contributed by atoms with Crippen LogP contribution in [0.15, 0.2) is 48.5 Å². The third-order valence-electron chi connectivity index (χ3n) is 2.23. The van der Waals surface area contributed by atoms with Crippen LogP contribution in [0, 0.1) is 13.8 Å². The summed E-state index contributed by atoms with van der Waals surface area (Å²) in [6.45, 7) is 3.74. The molecular formula is C15H18O5. The highest BCUT2D eigenvalue weighted by Gasteiger charge is 1.87. The summed E-state index contributed by atoms with van der Waals surface area (Å²) < 4.78 is 0. The van der Waals surface area contributed by atoms with Crippen molar-refractivity contribution in [3.05, 3.63) is 59.7 Å². The van der Waals surface area contributed by atoms with E-state index in [1.807, 2.05) is 50.2 Å². The highest BCUT2D eigenvalue weighted by molar-refractivity contribution is 5.53. The van der Waals surface area contributed by atoms with Gasteiger partial charge in [0.1, 0.15) is 11.5 Å². The van der Waals surface area contributed by atoms with Gasteiger partial charge in [-0.1, -0.05) is 36.4 Å². The van der Waals surface area contributed by atoms with E-state index < -0.39 is 6.16 Å². The molecule has 2 aromatic rings. The van der Waals surface area contributed by atoms with Crippen molar-refractivity contribution in [1.29, 1.82) is 0 Å². The Balaban J connectivity index is 0.000000289. The molecule has 4 N–H and O–H groups in total. The first-order valence-corrected chi connectivity index (χ1v) is 5.75. The number of phenols is 2. The molecular weight excluding hydrogens is 260 g/mol. The van der Waals surface area contributed by atoms with Gasteiger partial charge in [-0.15, -0.1) is 0 Å². The standard InChI is InChI=1S/2C7H8O.CH2O3/c2*1-6-4-2-3-5-7(6)8;2-1(3)4/h2*2-5,8H,1H3;(H2,2,3,4). The summed E-state index contributed by atoms with van der Waals surface area (Å²) in [5, 5.41) is 31.8. The van der Waals surface area contributed by atoms with Crippen LogP contribution in [0.2, 0.25) is 0 Å². The average Bonchev–Trinajstić information content (AvgIpc) is 2.37. The number of aromatic hydroxyl groups is 2. The van der Waals surface area contributed by atoms with E-state index in [9.17, 15) is 0 Å². The van der Waals surface area contributed by atoms with Gasteiger partial charge in [0.2, 0.25) is 0 Å². The maximum absolute atomic E-state index is 8.92. The van der Waals surface area contributed by atoms with Gasteiger partial charge in [0.15, 0.2) is 0 Å². The fourth-order valence-corrected chi connectivity index (χ4v) is 1.13. The molecule has 5 heteroatoms. The van der Waals surface area contributed by atoms with Gasteiger partial charge >= 0.3 is 6.16 Å². The molecule has 0 spiro atoms. The molecule has 0 unspecified atom stereocenters. The van der Waals surface area contributed by atoms with Crippen LogP contribution >= 0.6 is 0 Å². The number of phenolic OH excluding ortho intramolecular Hbond substituents is 2. The minimum absolute atomic E-state index is 0.368. The number of aryl methyl sites for hydroxylation is 2. The van der Waals surface area contributed by atoms with E-state index in [0.717, 1.165) is 11.1 Å². The topological polar surface area (TPSA) is 98.0 Å². The number of carbonyl (C=O) groups is 1. The van der Waals surface area contributed by atoms with Crippen LogP contribution in [0.25, 0.3) is 0 Å². The predicted molar refractivity (Wildman–Crippen MR) is 76.3 cm³/mol. The highest BCUT2D eigenvalue weighted by Crippen LogP contribution is 2.12. The first-order chi connectivity index (χ1) is 9.34. The van der Waals surface area contributed by atoms with Gasteiger partial charge in [-0.25, -0.2) is 4.79 Å². The molecule has 0 aliphatic rings. The lowest BCUT2D eigenvalue weighted by molar-refractivity contribution is 0.137. The van der Waals surface area contributed by atoms with E-state index in [4.69, 9.17) is 25.2 Å². The van der Waals surface area contributed by atoms with E-state index in [0.29, 0.717) is 11.5 Å². The van der Waals surface area contributed by atoms with Crippen LogP contribution in [0.5, 0.6) is 11.5 Å². The predicted octanol–water partition coefficient (Wildman–Crippen LogP) is 3.62. The van der Waals surface area contributed by atoms with E-state index in [-0.39, 0.29) is 0 Å². The summed E-state index contributed by atoms with van der Waals surface area (Å²) >= 11 is 0. The van der Waals surface area contributed by atoms with Crippen LogP contribution in [-0.2, 0) is 0 Å². The van der Waals surface area contributed by atoms with Crippen LogP contribution in [-0.4, -0.2) is 26.6 Å². The van der Waals surface area contributed by atoms with Crippen molar-refractivity contribution < 1.29 is 25.2 Å². The van der Waals surface area contributed by atoms with Crippen molar-refractivity contribution in [3.63, 3.8) is 0 Å². The minimum atomic E-state index is -1.83. The lowest BCUT2D eigenvalue weighted by Gasteiger charge is -1.92. The van der Waals surface area contributed by atoms with Crippen molar-refractivity contribution in [2.75, 3.05) is 0 Å². The molecule has 0 fully saturated rings. The first kappa shape index (κ1) is 17.3. The van der Waals surface area contributed by atoms with Crippen LogP contribution in [0.4, 0.5) is 4.79 Å². The molecule has 0 aliphatic carbocycles. The van der Waals surface area contributed by atoms with Crippen molar-refractivity contribution in [2.24, 2.45) is 0 Å². The molecule has 0 amide bonds. The Labute approximate surface area is 117 Å². The number of para-hydroxylation sites is 2. The Hall–Kier alpha value is -2.69. The second kappa shape index (κ2) is 9.27. The van der Waals surface area contributed by atoms with Gasteiger partial charge in [0, 0.05) is 0 Å². The number of benzene rings is 2. The summed E-state index contributed by atoms with van der Waals surface area (Å²) in [6.07, 6.45) is -1.83. The molecule has 0 aliphatic heterocycles. The van der Waals surface area contributed by atoms with E-state index in [2.05, 4.69) is 0 Å². The smallest absolute Gasteiger partial charge is 0.503 e. The summed E-state index contributed by atoms with van der Waals surface area (Å²) in [7, 11) is 0. The van der Waals surface area contributed by atoms with Gasteiger partial charge in [0.05, 0.1) is 0 Å². The van der Waals surface area contributed by atoms with Crippen molar-refractivity contribution in [3.8, 4) is 11.5 Å². The molecule has 0 bridgehead atoms. The monoisotopic (exact) mass is 278 g/mol. The van der Waals surface area contributed by atoms with E-state index >= 15 is 0 Å². The SMILES string of the molecule is Cc1ccccc1O.Cc1ccccc1O.O=C(O)O. The highest BCUT2D eigenvalue weighted by atomic mass is 16.6. The Morgan fingerprint density at radius 1 is 0.750 bits per heavy atom. The van der Waals surface area contributed by atoms with Crippen LogP contribution in [0.3, 0.4) is 0 Å². The summed E-state index contributed by atoms with van der Waals surface area (Å²) in [4.78, 5) is 8.56. The van der Waals surface area contributed by atoms with E-state index in [1.165, 1.54) is 0 Å². The van der Waals surface area contributed by atoms with Crippen LogP contribution < -0.4 is 0 Å².